The van der Waals surface area contributed by atoms with Gasteiger partial charge < -0.3 is 24.8 Å². The molecule has 0 aromatic heterocycles. The van der Waals surface area contributed by atoms with Gasteiger partial charge in [-0.1, -0.05) is 49.6 Å². The Labute approximate surface area is 202 Å². The van der Waals surface area contributed by atoms with E-state index < -0.39 is 0 Å². The smallest absolute Gasteiger partial charge is 0.196 e. The van der Waals surface area contributed by atoms with Gasteiger partial charge in [0.15, 0.2) is 5.78 Å². The molecule has 0 saturated heterocycles. The van der Waals surface area contributed by atoms with E-state index >= 15 is 0 Å². The number of carbonyl (C=O) groups excluding carboxylic acids is 1. The lowest BCUT2D eigenvalue weighted by Gasteiger charge is -2.39. The van der Waals surface area contributed by atoms with Crippen molar-refractivity contribution in [2.45, 2.75) is 69.7 Å². The minimum Gasteiger partial charge on any atom is -0.507 e. The third kappa shape index (κ3) is 6.81. The van der Waals surface area contributed by atoms with Gasteiger partial charge in [-0.2, -0.15) is 0 Å². The molecule has 6 nitrogen and oxygen atoms in total. The van der Waals surface area contributed by atoms with Crippen LogP contribution in [0.5, 0.6) is 11.5 Å². The van der Waals surface area contributed by atoms with Crippen molar-refractivity contribution in [2.75, 3.05) is 14.2 Å². The number of carbonyl (C=O) groups is 1. The second kappa shape index (κ2) is 12.9. The van der Waals surface area contributed by atoms with Gasteiger partial charge in [0.1, 0.15) is 11.5 Å². The fourth-order valence-electron chi connectivity index (χ4n) is 5.15. The van der Waals surface area contributed by atoms with Gasteiger partial charge in [0.05, 0.1) is 31.0 Å². The Bertz CT molecular complexity index is 893. The Morgan fingerprint density at radius 1 is 0.971 bits per heavy atom. The summed E-state index contributed by atoms with van der Waals surface area (Å²) in [4.78, 5) is 12.1. The molecule has 4 atom stereocenters. The first-order valence-electron chi connectivity index (χ1n) is 12.3. The summed E-state index contributed by atoms with van der Waals surface area (Å²) in [6, 6.07) is 13.5. The molecule has 0 radical (unpaired) electrons. The van der Waals surface area contributed by atoms with Crippen molar-refractivity contribution in [3.63, 3.8) is 0 Å². The maximum atomic E-state index is 12.1. The van der Waals surface area contributed by atoms with Crippen LogP contribution in [-0.4, -0.2) is 53.6 Å². The number of rotatable bonds is 6. The summed E-state index contributed by atoms with van der Waals surface area (Å²) in [6.45, 7) is 0. The highest BCUT2D eigenvalue weighted by atomic mass is 16.5. The monoisotopic (exact) mass is 470 g/mol. The number of methoxy groups -OCH3 is 2. The molecule has 2 aromatic rings. The number of hydrogen-bond acceptors (Lipinski definition) is 6. The van der Waals surface area contributed by atoms with Crippen LogP contribution >= 0.6 is 0 Å². The van der Waals surface area contributed by atoms with Crippen LogP contribution in [0.1, 0.15) is 67.3 Å². The molecule has 0 heterocycles. The highest BCUT2D eigenvalue weighted by Crippen LogP contribution is 2.36. The number of aliphatic hydroxyl groups is 2. The second-order valence-electron chi connectivity index (χ2n) is 9.37. The molecule has 186 valence electrons. The number of ketones is 1. The van der Waals surface area contributed by atoms with Gasteiger partial charge in [0.2, 0.25) is 0 Å². The van der Waals surface area contributed by atoms with E-state index in [2.05, 4.69) is 0 Å². The average Bonchev–Trinajstić information content (AvgIpc) is 2.89. The fourth-order valence-corrected chi connectivity index (χ4v) is 5.15. The van der Waals surface area contributed by atoms with Crippen LogP contribution in [0.3, 0.4) is 0 Å². The molecular formula is C28H38O6. The zero-order valence-corrected chi connectivity index (χ0v) is 20.2. The number of aliphatic hydroxyl groups excluding tert-OH is 2. The van der Waals surface area contributed by atoms with Crippen molar-refractivity contribution >= 4 is 5.78 Å². The van der Waals surface area contributed by atoms with E-state index in [-0.39, 0.29) is 41.3 Å². The minimum atomic E-state index is -0.384. The van der Waals surface area contributed by atoms with E-state index in [1.807, 2.05) is 6.07 Å². The summed E-state index contributed by atoms with van der Waals surface area (Å²) in [7, 11) is 3.21. The molecule has 6 heteroatoms. The zero-order valence-electron chi connectivity index (χ0n) is 20.2. The molecule has 0 amide bonds. The Morgan fingerprint density at radius 2 is 1.68 bits per heavy atom. The third-order valence-electron chi connectivity index (χ3n) is 7.21. The van der Waals surface area contributed by atoms with E-state index in [4.69, 9.17) is 9.47 Å². The topological polar surface area (TPSA) is 96.2 Å². The summed E-state index contributed by atoms with van der Waals surface area (Å²) in [6.07, 6.45) is 8.12. The van der Waals surface area contributed by atoms with Gasteiger partial charge in [-0.3, -0.25) is 4.79 Å². The summed E-state index contributed by atoms with van der Waals surface area (Å²) >= 11 is 0. The molecular weight excluding hydrogens is 432 g/mol. The lowest BCUT2D eigenvalue weighted by Crippen LogP contribution is -2.43. The van der Waals surface area contributed by atoms with Crippen LogP contribution in [0.25, 0.3) is 0 Å². The predicted octanol–water partition coefficient (Wildman–Crippen LogP) is 4.74. The summed E-state index contributed by atoms with van der Waals surface area (Å²) in [5.41, 5.74) is 0.824. The van der Waals surface area contributed by atoms with Gasteiger partial charge in [0.25, 0.3) is 0 Å². The van der Waals surface area contributed by atoms with Gasteiger partial charge in [0, 0.05) is 24.7 Å². The summed E-state index contributed by atoms with van der Waals surface area (Å²) in [5.74, 6) is 0.739. The normalized spacial score (nSPS) is 23.9. The van der Waals surface area contributed by atoms with Crippen molar-refractivity contribution < 1.29 is 29.6 Å². The van der Waals surface area contributed by atoms with Gasteiger partial charge in [-0.25, -0.2) is 0 Å². The average molecular weight is 471 g/mol. The number of hydrogen-bond donors (Lipinski definition) is 3. The molecule has 34 heavy (non-hydrogen) atoms. The highest BCUT2D eigenvalue weighted by Gasteiger charge is 2.37. The standard InChI is InChI=1S/C14H26O3.C14H12O3/c2*1-17-11-7-8-12(13(15)9-11)14(16)10-5-3-2-4-6-10/h10-16H,2-9H2,1H3;2-9,15H,1H3. The predicted molar refractivity (Wildman–Crippen MR) is 131 cm³/mol. The van der Waals surface area contributed by atoms with Gasteiger partial charge >= 0.3 is 0 Å². The Morgan fingerprint density at radius 3 is 2.26 bits per heavy atom. The maximum absolute atomic E-state index is 12.1. The first-order valence-corrected chi connectivity index (χ1v) is 12.3. The summed E-state index contributed by atoms with van der Waals surface area (Å²) in [5, 5.41) is 30.3. The van der Waals surface area contributed by atoms with Crippen molar-refractivity contribution in [3.05, 3.63) is 59.7 Å². The Balaban J connectivity index is 0.000000191. The van der Waals surface area contributed by atoms with Crippen LogP contribution in [-0.2, 0) is 4.74 Å². The van der Waals surface area contributed by atoms with Crippen molar-refractivity contribution in [1.29, 1.82) is 0 Å². The largest absolute Gasteiger partial charge is 0.507 e. The van der Waals surface area contributed by atoms with Gasteiger partial charge in [-0.05, 0) is 50.2 Å². The van der Waals surface area contributed by atoms with Crippen LogP contribution in [0, 0.1) is 11.8 Å². The molecule has 2 aliphatic carbocycles. The van der Waals surface area contributed by atoms with Crippen LogP contribution in [0.15, 0.2) is 48.5 Å². The van der Waals surface area contributed by atoms with Crippen molar-refractivity contribution in [1.82, 2.24) is 0 Å². The van der Waals surface area contributed by atoms with E-state index in [0.29, 0.717) is 23.7 Å². The highest BCUT2D eigenvalue weighted by molar-refractivity contribution is 6.10. The number of ether oxygens (including phenoxy) is 2. The quantitative estimate of drug-likeness (QED) is 0.528. The lowest BCUT2D eigenvalue weighted by molar-refractivity contribution is -0.0796. The molecule has 2 aliphatic rings. The van der Waals surface area contributed by atoms with Gasteiger partial charge in [-0.15, -0.1) is 0 Å². The second-order valence-corrected chi connectivity index (χ2v) is 9.37. The number of benzene rings is 2. The third-order valence-corrected chi connectivity index (χ3v) is 7.21. The first-order chi connectivity index (χ1) is 16.4. The molecule has 2 fully saturated rings. The molecule has 4 rings (SSSR count). The Kier molecular flexibility index (Phi) is 9.93. The molecule has 0 aliphatic heterocycles. The van der Waals surface area contributed by atoms with Crippen LogP contribution in [0.4, 0.5) is 0 Å². The number of phenols is 1. The first kappa shape index (κ1) is 26.2. The van der Waals surface area contributed by atoms with Crippen LogP contribution in [0.2, 0.25) is 0 Å². The molecule has 0 spiro atoms. The molecule has 3 N–H and O–H groups in total. The number of phenolic OH excluding ortho intramolecular Hbond substituents is 1. The molecule has 4 unspecified atom stereocenters. The van der Waals surface area contributed by atoms with Crippen molar-refractivity contribution in [3.8, 4) is 11.5 Å². The molecule has 0 bridgehead atoms. The Hall–Kier alpha value is -2.41. The van der Waals surface area contributed by atoms with E-state index in [0.717, 1.165) is 25.7 Å². The summed E-state index contributed by atoms with van der Waals surface area (Å²) < 4.78 is 10.3. The lowest BCUT2D eigenvalue weighted by atomic mass is 9.73. The van der Waals surface area contributed by atoms with E-state index in [1.165, 1.54) is 32.4 Å². The van der Waals surface area contributed by atoms with E-state index in [1.54, 1.807) is 43.5 Å². The molecule has 2 saturated carbocycles. The fraction of sp³-hybridized carbons (Fsp3) is 0.536. The van der Waals surface area contributed by atoms with Crippen molar-refractivity contribution in [2.24, 2.45) is 11.8 Å². The minimum absolute atomic E-state index is 0.0711. The molecule has 2 aromatic carbocycles. The SMILES string of the molecule is COC1CCC(C(O)C2CCCCC2)C(O)C1.COc1ccc(C(=O)c2ccccc2)c(O)c1. The van der Waals surface area contributed by atoms with E-state index in [9.17, 15) is 20.1 Å². The zero-order chi connectivity index (χ0) is 24.5. The number of aromatic hydroxyl groups is 1. The van der Waals surface area contributed by atoms with Crippen LogP contribution < -0.4 is 4.74 Å². The maximum Gasteiger partial charge on any atom is 0.196 e.